The summed E-state index contributed by atoms with van der Waals surface area (Å²) < 4.78 is 16.3. The molecule has 2 heterocycles. The molecule has 0 amide bonds. The molecule has 1 fully saturated rings. The van der Waals surface area contributed by atoms with Crippen LogP contribution in [-0.4, -0.2) is 35.2 Å². The number of aliphatic hydroxyl groups is 1. The van der Waals surface area contributed by atoms with Crippen molar-refractivity contribution in [2.24, 2.45) is 0 Å². The van der Waals surface area contributed by atoms with Crippen molar-refractivity contribution >= 4 is 5.97 Å². The second-order valence-corrected chi connectivity index (χ2v) is 8.43. The van der Waals surface area contributed by atoms with Crippen molar-refractivity contribution in [3.05, 3.63) is 23.3 Å². The monoisotopic (exact) mass is 406 g/mol. The van der Waals surface area contributed by atoms with Crippen LogP contribution in [0.1, 0.15) is 99.6 Å². The van der Waals surface area contributed by atoms with E-state index in [-0.39, 0.29) is 23.9 Å². The first-order valence-corrected chi connectivity index (χ1v) is 10.9. The molecular weight excluding hydrogens is 372 g/mol. The number of rotatable bonds is 11. The molecule has 2 aliphatic rings. The fraction of sp³-hybridized carbons (Fsp3) is 0.696. The number of carbonyl (C=O) groups is 1. The number of benzene rings is 1. The Morgan fingerprint density at radius 3 is 2.48 bits per heavy atom. The largest absolute Gasteiger partial charge is 0.508 e. The molecule has 2 aliphatic heterocycles. The maximum absolute atomic E-state index is 12.1. The molecule has 6 nitrogen and oxygen atoms in total. The number of aromatic hydroxyl groups is 1. The van der Waals surface area contributed by atoms with Crippen LogP contribution in [0.4, 0.5) is 0 Å². The van der Waals surface area contributed by atoms with E-state index in [0.29, 0.717) is 11.3 Å². The lowest BCUT2D eigenvalue weighted by Crippen LogP contribution is -2.27. The lowest BCUT2D eigenvalue weighted by Gasteiger charge is -2.22. The highest BCUT2D eigenvalue weighted by Gasteiger charge is 2.36. The van der Waals surface area contributed by atoms with E-state index in [0.717, 1.165) is 69.8 Å². The normalized spacial score (nSPS) is 25.8. The van der Waals surface area contributed by atoms with E-state index in [1.807, 2.05) is 6.92 Å². The molecule has 0 bridgehead atoms. The van der Waals surface area contributed by atoms with E-state index in [4.69, 9.17) is 14.2 Å². The van der Waals surface area contributed by atoms with Crippen molar-refractivity contribution in [1.29, 1.82) is 0 Å². The number of phenols is 1. The van der Waals surface area contributed by atoms with Gasteiger partial charge in [-0.3, -0.25) is 0 Å². The summed E-state index contributed by atoms with van der Waals surface area (Å²) in [5.41, 5.74) is 1.17. The molecule has 0 spiro atoms. The molecule has 1 aromatic rings. The van der Waals surface area contributed by atoms with Crippen LogP contribution in [0.5, 0.6) is 11.5 Å². The van der Waals surface area contributed by atoms with Gasteiger partial charge in [0.25, 0.3) is 0 Å². The van der Waals surface area contributed by atoms with Gasteiger partial charge in [-0.2, -0.15) is 0 Å². The van der Waals surface area contributed by atoms with Crippen LogP contribution in [0.3, 0.4) is 0 Å². The molecule has 0 saturated carbocycles. The molecule has 1 saturated heterocycles. The molecule has 2 N–H and O–H groups in total. The number of ether oxygens (including phenoxy) is 3. The predicted molar refractivity (Wildman–Crippen MR) is 109 cm³/mol. The predicted octanol–water partition coefficient (Wildman–Crippen LogP) is 5.01. The second-order valence-electron chi connectivity index (χ2n) is 8.43. The van der Waals surface area contributed by atoms with E-state index < -0.39 is 5.79 Å². The summed E-state index contributed by atoms with van der Waals surface area (Å²) in [5.74, 6) is -0.796. The third-order valence-corrected chi connectivity index (χ3v) is 6.03. The Kier molecular flexibility index (Phi) is 7.41. The number of phenolic OH excluding ortho intramolecular Hbond substituents is 1. The highest BCUT2D eigenvalue weighted by molar-refractivity contribution is 5.97. The van der Waals surface area contributed by atoms with Gasteiger partial charge in [0.1, 0.15) is 23.2 Å². The van der Waals surface area contributed by atoms with Crippen molar-refractivity contribution in [1.82, 2.24) is 0 Å². The van der Waals surface area contributed by atoms with E-state index in [1.54, 1.807) is 6.07 Å². The number of hydrogen-bond donors (Lipinski definition) is 2. The quantitative estimate of drug-likeness (QED) is 0.397. The Hall–Kier alpha value is -1.79. The molecule has 0 aromatic heterocycles. The summed E-state index contributed by atoms with van der Waals surface area (Å²) in [5, 5.41) is 20.1. The van der Waals surface area contributed by atoms with E-state index in [2.05, 4.69) is 0 Å². The summed E-state index contributed by atoms with van der Waals surface area (Å²) in [6, 6.07) is 3.05. The maximum atomic E-state index is 12.1. The number of cyclic esters (lactones) is 1. The molecule has 29 heavy (non-hydrogen) atoms. The zero-order chi connectivity index (χ0) is 20.9. The van der Waals surface area contributed by atoms with Crippen LogP contribution in [-0.2, 0) is 9.47 Å². The first kappa shape index (κ1) is 21.9. The summed E-state index contributed by atoms with van der Waals surface area (Å²) in [4.78, 5) is 12.1. The molecular formula is C23H34O6. The fourth-order valence-electron chi connectivity index (χ4n) is 4.44. The number of fused-ring (bicyclic) bond motifs is 1. The van der Waals surface area contributed by atoms with Gasteiger partial charge in [0.2, 0.25) is 0 Å². The van der Waals surface area contributed by atoms with Crippen molar-refractivity contribution in [3.8, 4) is 11.5 Å². The number of hydrogen-bond acceptors (Lipinski definition) is 6. The molecule has 3 atom stereocenters. The van der Waals surface area contributed by atoms with Gasteiger partial charge >= 0.3 is 5.97 Å². The van der Waals surface area contributed by atoms with Crippen molar-refractivity contribution in [2.45, 2.75) is 95.5 Å². The number of unbranched alkanes of at least 4 members (excludes halogenated alkanes) is 6. The lowest BCUT2D eigenvalue weighted by molar-refractivity contribution is -0.193. The summed E-state index contributed by atoms with van der Waals surface area (Å²) in [6.07, 6.45) is 10.7. The third-order valence-electron chi connectivity index (χ3n) is 6.03. The Labute approximate surface area is 173 Å². The van der Waals surface area contributed by atoms with Gasteiger partial charge in [-0.1, -0.05) is 32.1 Å². The Morgan fingerprint density at radius 1 is 1.14 bits per heavy atom. The smallest absolute Gasteiger partial charge is 0.342 e. The molecule has 3 rings (SSSR count). The number of methoxy groups -OCH3 is 1. The highest BCUT2D eigenvalue weighted by Crippen LogP contribution is 2.41. The summed E-state index contributed by atoms with van der Waals surface area (Å²) in [6.45, 7) is 2.02. The Balaban J connectivity index is 1.29. The molecule has 0 aliphatic carbocycles. The third kappa shape index (κ3) is 5.64. The van der Waals surface area contributed by atoms with Gasteiger partial charge in [-0.05, 0) is 38.7 Å². The zero-order valence-electron chi connectivity index (χ0n) is 17.6. The molecule has 1 aromatic carbocycles. The van der Waals surface area contributed by atoms with Crippen molar-refractivity contribution in [3.63, 3.8) is 0 Å². The minimum atomic E-state index is -0.883. The first-order valence-electron chi connectivity index (χ1n) is 10.9. The molecule has 0 unspecified atom stereocenters. The molecule has 0 radical (unpaired) electrons. The lowest BCUT2D eigenvalue weighted by atomic mass is 9.98. The summed E-state index contributed by atoms with van der Waals surface area (Å²) in [7, 11) is 1.48. The highest BCUT2D eigenvalue weighted by atomic mass is 16.6. The maximum Gasteiger partial charge on any atom is 0.342 e. The van der Waals surface area contributed by atoms with Gasteiger partial charge in [0.15, 0.2) is 5.79 Å². The standard InChI is InChI=1S/C23H34O6/c1-16-11-13-23(26,29-16)12-9-7-5-3-4-6-8-10-19-18-14-17(24)15-20(27-2)21(18)22(25)28-19/h14-16,19,24,26H,3-13H2,1-2H3/t16-,19+,23+/m1/s1. The van der Waals surface area contributed by atoms with E-state index in [9.17, 15) is 15.0 Å². The Morgan fingerprint density at radius 2 is 1.83 bits per heavy atom. The minimum Gasteiger partial charge on any atom is -0.508 e. The average molecular weight is 407 g/mol. The fourth-order valence-corrected chi connectivity index (χ4v) is 4.44. The van der Waals surface area contributed by atoms with Gasteiger partial charge in [0.05, 0.1) is 13.2 Å². The van der Waals surface area contributed by atoms with Gasteiger partial charge in [0, 0.05) is 24.5 Å². The number of esters is 1. The second kappa shape index (κ2) is 9.81. The van der Waals surface area contributed by atoms with Gasteiger partial charge < -0.3 is 24.4 Å². The topological polar surface area (TPSA) is 85.2 Å². The minimum absolute atomic E-state index is 0.0889. The van der Waals surface area contributed by atoms with Crippen LogP contribution < -0.4 is 4.74 Å². The van der Waals surface area contributed by atoms with Crippen molar-refractivity contribution < 1.29 is 29.2 Å². The van der Waals surface area contributed by atoms with Crippen LogP contribution in [0.15, 0.2) is 12.1 Å². The van der Waals surface area contributed by atoms with Gasteiger partial charge in [-0.25, -0.2) is 4.79 Å². The average Bonchev–Trinajstić information content (AvgIpc) is 3.18. The van der Waals surface area contributed by atoms with Crippen LogP contribution in [0, 0.1) is 0 Å². The first-order chi connectivity index (χ1) is 13.9. The zero-order valence-corrected chi connectivity index (χ0v) is 17.6. The van der Waals surface area contributed by atoms with Gasteiger partial charge in [-0.15, -0.1) is 0 Å². The Bertz CT molecular complexity index is 703. The SMILES string of the molecule is COc1cc(O)cc2c1C(=O)O[C@H]2CCCCCCCCC[C@@]1(O)CC[C@@H](C)O1. The van der Waals surface area contributed by atoms with E-state index in [1.165, 1.54) is 19.6 Å². The van der Waals surface area contributed by atoms with Crippen LogP contribution >= 0.6 is 0 Å². The van der Waals surface area contributed by atoms with E-state index >= 15 is 0 Å². The van der Waals surface area contributed by atoms with Crippen LogP contribution in [0.2, 0.25) is 0 Å². The number of carbonyl (C=O) groups excluding carboxylic acids is 1. The van der Waals surface area contributed by atoms with Crippen LogP contribution in [0.25, 0.3) is 0 Å². The molecule has 162 valence electrons. The summed E-state index contributed by atoms with van der Waals surface area (Å²) >= 11 is 0. The molecule has 6 heteroatoms. The van der Waals surface area contributed by atoms with Crippen molar-refractivity contribution in [2.75, 3.05) is 7.11 Å².